The fraction of sp³-hybridized carbons (Fsp3) is 0.588. The van der Waals surface area contributed by atoms with Crippen LogP contribution in [0.4, 0.5) is 0 Å². The van der Waals surface area contributed by atoms with Crippen LogP contribution in [0.25, 0.3) is 0 Å². The largest absolute Gasteiger partial charge is 0.395 e. The molecule has 0 radical (unpaired) electrons. The molecule has 0 saturated carbocycles. The summed E-state index contributed by atoms with van der Waals surface area (Å²) in [5.41, 5.74) is 1.03. The molecule has 0 bridgehead atoms. The Morgan fingerprint density at radius 1 is 1.45 bits per heavy atom. The Kier molecular flexibility index (Phi) is 6.24. The Hall–Kier alpha value is -1.10. The van der Waals surface area contributed by atoms with Gasteiger partial charge in [0.1, 0.15) is 0 Å². The average Bonchev–Trinajstić information content (AvgIpc) is 2.48. The number of likely N-dealkylation sites (tertiary alicyclic amines) is 1. The van der Waals surface area contributed by atoms with Crippen molar-refractivity contribution in [2.24, 2.45) is 5.92 Å². The molecule has 22 heavy (non-hydrogen) atoms. The van der Waals surface area contributed by atoms with Gasteiger partial charge in [0.25, 0.3) is 0 Å². The van der Waals surface area contributed by atoms with Crippen LogP contribution < -0.4 is 5.32 Å². The maximum absolute atomic E-state index is 12.3. The summed E-state index contributed by atoms with van der Waals surface area (Å²) < 4.78 is 0. The van der Waals surface area contributed by atoms with Gasteiger partial charge in [-0.3, -0.25) is 9.69 Å². The summed E-state index contributed by atoms with van der Waals surface area (Å²) in [5, 5.41) is 13.3. The lowest BCUT2D eigenvalue weighted by atomic mass is 9.91. The van der Waals surface area contributed by atoms with Crippen molar-refractivity contribution in [3.05, 3.63) is 34.9 Å². The van der Waals surface area contributed by atoms with E-state index in [-0.39, 0.29) is 24.6 Å². The van der Waals surface area contributed by atoms with Crippen molar-refractivity contribution in [1.82, 2.24) is 10.2 Å². The summed E-state index contributed by atoms with van der Waals surface area (Å²) in [6, 6.07) is 7.53. The number of nitrogens with one attached hydrogen (secondary N) is 1. The van der Waals surface area contributed by atoms with Crippen LogP contribution in [-0.2, 0) is 4.79 Å². The number of benzene rings is 1. The number of aliphatic hydroxyl groups is 1. The van der Waals surface area contributed by atoms with Gasteiger partial charge in [0.15, 0.2) is 0 Å². The first kappa shape index (κ1) is 17.3. The lowest BCUT2D eigenvalue weighted by molar-refractivity contribution is -0.124. The number of carbonyl (C=O) groups is 1. The highest BCUT2D eigenvalue weighted by atomic mass is 35.5. The van der Waals surface area contributed by atoms with Crippen LogP contribution >= 0.6 is 11.6 Å². The number of piperidine rings is 1. The monoisotopic (exact) mass is 324 g/mol. The number of hydrogen-bond acceptors (Lipinski definition) is 3. The van der Waals surface area contributed by atoms with E-state index in [1.54, 1.807) is 0 Å². The molecule has 0 aliphatic carbocycles. The maximum Gasteiger partial charge on any atom is 0.234 e. The molecule has 1 saturated heterocycles. The van der Waals surface area contributed by atoms with Gasteiger partial charge in [-0.2, -0.15) is 0 Å². The molecule has 1 aliphatic rings. The minimum absolute atomic E-state index is 0.00463. The Labute approximate surface area is 137 Å². The van der Waals surface area contributed by atoms with Crippen molar-refractivity contribution < 1.29 is 9.90 Å². The van der Waals surface area contributed by atoms with Crippen molar-refractivity contribution >= 4 is 17.5 Å². The molecule has 122 valence electrons. The Morgan fingerprint density at radius 3 is 2.77 bits per heavy atom. The summed E-state index contributed by atoms with van der Waals surface area (Å²) in [6.45, 7) is 5.43. The maximum atomic E-state index is 12.3. The molecule has 1 aromatic rings. The van der Waals surface area contributed by atoms with Gasteiger partial charge >= 0.3 is 0 Å². The van der Waals surface area contributed by atoms with Gasteiger partial charge in [-0.05, 0) is 49.9 Å². The summed E-state index contributed by atoms with van der Waals surface area (Å²) in [4.78, 5) is 14.4. The highest BCUT2D eigenvalue weighted by Crippen LogP contribution is 2.22. The smallest absolute Gasteiger partial charge is 0.234 e. The highest BCUT2D eigenvalue weighted by Gasteiger charge is 2.29. The minimum Gasteiger partial charge on any atom is -0.395 e. The van der Waals surface area contributed by atoms with Crippen molar-refractivity contribution in [2.45, 2.75) is 38.8 Å². The van der Waals surface area contributed by atoms with Gasteiger partial charge in [0.2, 0.25) is 5.91 Å². The zero-order valence-electron chi connectivity index (χ0n) is 13.3. The van der Waals surface area contributed by atoms with E-state index in [9.17, 15) is 9.90 Å². The predicted octanol–water partition coefficient (Wildman–Crippen LogP) is 2.61. The fourth-order valence-corrected chi connectivity index (χ4v) is 3.26. The third-order valence-electron chi connectivity index (χ3n) is 4.51. The van der Waals surface area contributed by atoms with E-state index in [0.29, 0.717) is 17.5 Å². The fourth-order valence-electron chi connectivity index (χ4n) is 3.13. The van der Waals surface area contributed by atoms with Crippen LogP contribution in [-0.4, -0.2) is 41.7 Å². The topological polar surface area (TPSA) is 52.6 Å². The van der Waals surface area contributed by atoms with E-state index < -0.39 is 0 Å². The zero-order chi connectivity index (χ0) is 16.1. The van der Waals surface area contributed by atoms with E-state index in [4.69, 9.17) is 11.6 Å². The third kappa shape index (κ3) is 4.45. The number of rotatable bonds is 5. The quantitative estimate of drug-likeness (QED) is 0.875. The Morgan fingerprint density at radius 2 is 2.14 bits per heavy atom. The molecule has 1 aliphatic heterocycles. The molecule has 1 aromatic carbocycles. The van der Waals surface area contributed by atoms with Gasteiger partial charge in [0, 0.05) is 11.1 Å². The standard InChI is InChI=1S/C17H25ClN2O2/c1-12-4-3-9-20(16(12)11-21)10-17(22)19-13(2)14-5-7-15(18)8-6-14/h5-8,12-13,16,21H,3-4,9-11H2,1-2H3,(H,19,22). The Bertz CT molecular complexity index is 492. The Balaban J connectivity index is 1.90. The molecule has 2 rings (SSSR count). The summed E-state index contributed by atoms with van der Waals surface area (Å²) in [5.74, 6) is 0.426. The molecule has 3 unspecified atom stereocenters. The molecule has 1 heterocycles. The van der Waals surface area contributed by atoms with Crippen LogP contribution in [0.2, 0.25) is 5.02 Å². The van der Waals surface area contributed by atoms with E-state index in [2.05, 4.69) is 17.1 Å². The molecule has 0 spiro atoms. The molecule has 2 N–H and O–H groups in total. The number of hydrogen-bond donors (Lipinski definition) is 2. The van der Waals surface area contributed by atoms with Gasteiger partial charge in [-0.25, -0.2) is 0 Å². The molecule has 4 nitrogen and oxygen atoms in total. The predicted molar refractivity (Wildman–Crippen MR) is 88.9 cm³/mol. The second kappa shape index (κ2) is 7.95. The van der Waals surface area contributed by atoms with Gasteiger partial charge < -0.3 is 10.4 Å². The lowest BCUT2D eigenvalue weighted by Crippen LogP contribution is -2.50. The van der Waals surface area contributed by atoms with Crippen LogP contribution in [0, 0.1) is 5.92 Å². The van der Waals surface area contributed by atoms with Crippen molar-refractivity contribution in [3.63, 3.8) is 0 Å². The van der Waals surface area contributed by atoms with Crippen molar-refractivity contribution in [2.75, 3.05) is 19.7 Å². The van der Waals surface area contributed by atoms with Crippen LogP contribution in [0.1, 0.15) is 38.3 Å². The second-order valence-corrected chi connectivity index (χ2v) is 6.62. The minimum atomic E-state index is -0.0560. The number of amides is 1. The molecule has 1 amide bonds. The molecule has 3 atom stereocenters. The van der Waals surface area contributed by atoms with E-state index >= 15 is 0 Å². The van der Waals surface area contributed by atoms with Crippen LogP contribution in [0.5, 0.6) is 0 Å². The van der Waals surface area contributed by atoms with E-state index in [0.717, 1.165) is 24.9 Å². The number of nitrogens with zero attached hydrogens (tertiary/aromatic N) is 1. The van der Waals surface area contributed by atoms with Crippen LogP contribution in [0.15, 0.2) is 24.3 Å². The van der Waals surface area contributed by atoms with Gasteiger partial charge in [0.05, 0.1) is 19.2 Å². The first-order chi connectivity index (χ1) is 10.5. The molecular weight excluding hydrogens is 300 g/mol. The number of carbonyl (C=O) groups excluding carboxylic acids is 1. The first-order valence-electron chi connectivity index (χ1n) is 7.91. The van der Waals surface area contributed by atoms with Crippen molar-refractivity contribution in [3.8, 4) is 0 Å². The number of halogens is 1. The lowest BCUT2D eigenvalue weighted by Gasteiger charge is -2.38. The van der Waals surface area contributed by atoms with E-state index in [1.165, 1.54) is 0 Å². The normalized spacial score (nSPS) is 24.0. The first-order valence-corrected chi connectivity index (χ1v) is 8.28. The average molecular weight is 325 g/mol. The molecule has 1 fully saturated rings. The van der Waals surface area contributed by atoms with Gasteiger partial charge in [-0.15, -0.1) is 0 Å². The zero-order valence-corrected chi connectivity index (χ0v) is 14.0. The molecular formula is C17H25ClN2O2. The van der Waals surface area contributed by atoms with E-state index in [1.807, 2.05) is 31.2 Å². The molecule has 5 heteroatoms. The number of aliphatic hydroxyl groups excluding tert-OH is 1. The molecule has 0 aromatic heterocycles. The van der Waals surface area contributed by atoms with Gasteiger partial charge in [-0.1, -0.05) is 30.7 Å². The SMILES string of the molecule is CC(NC(=O)CN1CCCC(C)C1CO)c1ccc(Cl)cc1. The van der Waals surface area contributed by atoms with Crippen LogP contribution in [0.3, 0.4) is 0 Å². The highest BCUT2D eigenvalue weighted by molar-refractivity contribution is 6.30. The summed E-state index contributed by atoms with van der Waals surface area (Å²) in [6.07, 6.45) is 2.20. The summed E-state index contributed by atoms with van der Waals surface area (Å²) in [7, 11) is 0. The third-order valence-corrected chi connectivity index (χ3v) is 4.76. The second-order valence-electron chi connectivity index (χ2n) is 6.18. The summed E-state index contributed by atoms with van der Waals surface area (Å²) >= 11 is 5.88. The van der Waals surface area contributed by atoms with Crippen molar-refractivity contribution in [1.29, 1.82) is 0 Å².